The number of thioether (sulfide) groups is 1. The van der Waals surface area contributed by atoms with Gasteiger partial charge in [-0.2, -0.15) is 11.8 Å². The number of rotatable bonds is 8. The predicted octanol–water partition coefficient (Wildman–Crippen LogP) is 5.43. The fourth-order valence-corrected chi connectivity index (χ4v) is 3.91. The monoisotopic (exact) mass is 307 g/mol. The Balaban J connectivity index is 2.92. The Labute approximate surface area is 136 Å². The quantitative estimate of drug-likeness (QED) is 0.687. The summed E-state index contributed by atoms with van der Waals surface area (Å²) in [5.41, 5.74) is 5.74. The molecule has 0 heterocycles. The van der Waals surface area contributed by atoms with E-state index in [0.29, 0.717) is 11.3 Å². The van der Waals surface area contributed by atoms with Crippen LogP contribution in [0.5, 0.6) is 0 Å². The first kappa shape index (κ1) is 18.6. The van der Waals surface area contributed by atoms with Gasteiger partial charge in [0.2, 0.25) is 0 Å². The summed E-state index contributed by atoms with van der Waals surface area (Å²) in [4.78, 5) is 0. The lowest BCUT2D eigenvalue weighted by Gasteiger charge is -2.25. The van der Waals surface area contributed by atoms with Gasteiger partial charge in [-0.25, -0.2) is 0 Å². The summed E-state index contributed by atoms with van der Waals surface area (Å²) in [5, 5.41) is 4.47. The third-order valence-corrected chi connectivity index (χ3v) is 5.79. The Morgan fingerprint density at radius 3 is 2.10 bits per heavy atom. The maximum atomic E-state index is 3.76. The normalized spacial score (nSPS) is 14.5. The van der Waals surface area contributed by atoms with E-state index in [2.05, 4.69) is 77.7 Å². The summed E-state index contributed by atoms with van der Waals surface area (Å²) in [6.45, 7) is 17.0. The van der Waals surface area contributed by atoms with Gasteiger partial charge in [0.25, 0.3) is 0 Å². The van der Waals surface area contributed by atoms with Crippen molar-refractivity contribution in [2.45, 2.75) is 66.2 Å². The van der Waals surface area contributed by atoms with Gasteiger partial charge in [0.15, 0.2) is 0 Å². The average molecular weight is 308 g/mol. The Morgan fingerprint density at radius 2 is 1.62 bits per heavy atom. The van der Waals surface area contributed by atoms with Gasteiger partial charge in [-0.05, 0) is 56.3 Å². The van der Waals surface area contributed by atoms with Crippen molar-refractivity contribution in [3.63, 3.8) is 0 Å². The Hall–Kier alpha value is -0.470. The van der Waals surface area contributed by atoms with Crippen molar-refractivity contribution in [1.82, 2.24) is 5.32 Å². The van der Waals surface area contributed by atoms with Crippen LogP contribution in [0.2, 0.25) is 0 Å². The molecule has 0 fully saturated rings. The van der Waals surface area contributed by atoms with E-state index in [9.17, 15) is 0 Å². The smallest absolute Gasteiger partial charge is 0.0417 e. The molecule has 1 rings (SSSR count). The molecular formula is C19H33NS. The highest BCUT2D eigenvalue weighted by atomic mass is 32.2. The van der Waals surface area contributed by atoms with Crippen molar-refractivity contribution in [2.24, 2.45) is 5.92 Å². The molecule has 0 bridgehead atoms. The molecule has 0 radical (unpaired) electrons. The third-order valence-electron chi connectivity index (χ3n) is 4.19. The molecule has 0 saturated carbocycles. The minimum atomic E-state index is 0.469. The zero-order valence-corrected chi connectivity index (χ0v) is 15.7. The Morgan fingerprint density at radius 1 is 1.05 bits per heavy atom. The topological polar surface area (TPSA) is 12.0 Å². The first-order chi connectivity index (χ1) is 9.86. The van der Waals surface area contributed by atoms with Crippen LogP contribution >= 0.6 is 11.8 Å². The molecule has 1 N–H and O–H groups in total. The molecule has 0 amide bonds. The van der Waals surface area contributed by atoms with Gasteiger partial charge in [0, 0.05) is 17.0 Å². The molecule has 120 valence electrons. The van der Waals surface area contributed by atoms with Crippen LogP contribution in [0, 0.1) is 26.7 Å². The highest BCUT2D eigenvalue weighted by Gasteiger charge is 2.18. The van der Waals surface area contributed by atoms with E-state index in [4.69, 9.17) is 0 Å². The van der Waals surface area contributed by atoms with Gasteiger partial charge in [0.05, 0.1) is 0 Å². The predicted molar refractivity (Wildman–Crippen MR) is 98.4 cm³/mol. The van der Waals surface area contributed by atoms with Crippen LogP contribution in [0.1, 0.15) is 62.4 Å². The van der Waals surface area contributed by atoms with Gasteiger partial charge < -0.3 is 5.32 Å². The lowest BCUT2D eigenvalue weighted by molar-refractivity contribution is 0.569. The van der Waals surface area contributed by atoms with Crippen molar-refractivity contribution in [3.8, 4) is 0 Å². The fourth-order valence-electron chi connectivity index (χ4n) is 2.74. The van der Waals surface area contributed by atoms with Gasteiger partial charge in [-0.15, -0.1) is 0 Å². The summed E-state index contributed by atoms with van der Waals surface area (Å²) in [5.74, 6) is 1.89. The van der Waals surface area contributed by atoms with Crippen molar-refractivity contribution in [1.29, 1.82) is 0 Å². The zero-order valence-electron chi connectivity index (χ0n) is 14.9. The maximum Gasteiger partial charge on any atom is 0.0417 e. The second-order valence-electron chi connectivity index (χ2n) is 6.60. The van der Waals surface area contributed by atoms with E-state index in [0.717, 1.165) is 18.2 Å². The largest absolute Gasteiger partial charge is 0.309 e. The molecule has 1 aromatic rings. The van der Waals surface area contributed by atoms with E-state index in [1.165, 1.54) is 28.7 Å². The zero-order chi connectivity index (χ0) is 16.0. The van der Waals surface area contributed by atoms with Crippen molar-refractivity contribution in [3.05, 3.63) is 34.4 Å². The van der Waals surface area contributed by atoms with E-state index in [1.807, 2.05) is 0 Å². The SMILES string of the molecule is CCCNC(CSC(C)C(C)C)c1c(C)cc(C)cc1C. The van der Waals surface area contributed by atoms with Crippen LogP contribution in [0.3, 0.4) is 0 Å². The van der Waals surface area contributed by atoms with Gasteiger partial charge in [-0.3, -0.25) is 0 Å². The molecule has 2 atom stereocenters. The first-order valence-corrected chi connectivity index (χ1v) is 9.34. The van der Waals surface area contributed by atoms with Gasteiger partial charge >= 0.3 is 0 Å². The van der Waals surface area contributed by atoms with Crippen LogP contribution in [-0.4, -0.2) is 17.5 Å². The van der Waals surface area contributed by atoms with Crippen LogP contribution in [0.25, 0.3) is 0 Å². The molecule has 0 aliphatic rings. The number of aryl methyl sites for hydroxylation is 3. The molecule has 2 unspecified atom stereocenters. The van der Waals surface area contributed by atoms with Crippen LogP contribution in [0.15, 0.2) is 12.1 Å². The average Bonchev–Trinajstić information content (AvgIpc) is 2.39. The van der Waals surface area contributed by atoms with Gasteiger partial charge in [-0.1, -0.05) is 45.4 Å². The minimum Gasteiger partial charge on any atom is -0.309 e. The Bertz CT molecular complexity index is 416. The number of hydrogen-bond donors (Lipinski definition) is 1. The van der Waals surface area contributed by atoms with Crippen LogP contribution < -0.4 is 5.32 Å². The van der Waals surface area contributed by atoms with E-state index in [-0.39, 0.29) is 0 Å². The van der Waals surface area contributed by atoms with E-state index >= 15 is 0 Å². The Kier molecular flexibility index (Phi) is 7.83. The molecule has 2 heteroatoms. The first-order valence-electron chi connectivity index (χ1n) is 8.29. The molecule has 0 spiro atoms. The van der Waals surface area contributed by atoms with Gasteiger partial charge in [0.1, 0.15) is 0 Å². The summed E-state index contributed by atoms with van der Waals surface area (Å²) >= 11 is 2.10. The molecule has 0 saturated heterocycles. The lowest BCUT2D eigenvalue weighted by atomic mass is 9.95. The molecule has 1 aromatic carbocycles. The summed E-state index contributed by atoms with van der Waals surface area (Å²) in [7, 11) is 0. The van der Waals surface area contributed by atoms with Crippen molar-refractivity contribution >= 4 is 11.8 Å². The molecule has 21 heavy (non-hydrogen) atoms. The van der Waals surface area contributed by atoms with E-state index in [1.54, 1.807) is 0 Å². The standard InChI is InChI=1S/C19H33NS/c1-8-9-20-18(12-21-17(7)13(2)3)19-15(5)10-14(4)11-16(19)6/h10-11,13,17-18,20H,8-9,12H2,1-7H3. The second-order valence-corrected chi connectivity index (χ2v) is 8.01. The van der Waals surface area contributed by atoms with Crippen molar-refractivity contribution < 1.29 is 0 Å². The lowest BCUT2D eigenvalue weighted by Crippen LogP contribution is -2.26. The third kappa shape index (κ3) is 5.67. The number of hydrogen-bond acceptors (Lipinski definition) is 2. The highest BCUT2D eigenvalue weighted by Crippen LogP contribution is 2.29. The minimum absolute atomic E-state index is 0.469. The molecule has 0 aliphatic carbocycles. The highest BCUT2D eigenvalue weighted by molar-refractivity contribution is 7.99. The van der Waals surface area contributed by atoms with Crippen LogP contribution in [0.4, 0.5) is 0 Å². The van der Waals surface area contributed by atoms with Crippen LogP contribution in [-0.2, 0) is 0 Å². The summed E-state index contributed by atoms with van der Waals surface area (Å²) in [6.07, 6.45) is 1.19. The second kappa shape index (κ2) is 8.85. The molecule has 0 aliphatic heterocycles. The summed E-state index contributed by atoms with van der Waals surface area (Å²) in [6, 6.07) is 5.11. The maximum absolute atomic E-state index is 3.76. The molecular weight excluding hydrogens is 274 g/mol. The summed E-state index contributed by atoms with van der Waals surface area (Å²) < 4.78 is 0. The molecule has 0 aromatic heterocycles. The van der Waals surface area contributed by atoms with E-state index < -0.39 is 0 Å². The van der Waals surface area contributed by atoms with Crippen molar-refractivity contribution in [2.75, 3.05) is 12.3 Å². The molecule has 1 nitrogen and oxygen atoms in total. The number of benzene rings is 1. The number of nitrogens with one attached hydrogen (secondary N) is 1. The fraction of sp³-hybridized carbons (Fsp3) is 0.684.